The van der Waals surface area contributed by atoms with Gasteiger partial charge >= 0.3 is 0 Å². The molecule has 0 saturated heterocycles. The lowest BCUT2D eigenvalue weighted by Gasteiger charge is -2.14. The zero-order chi connectivity index (χ0) is 24.4. The molecule has 1 atom stereocenters. The first-order valence-electron chi connectivity index (χ1n) is 10.7. The largest absolute Gasteiger partial charge is 0.419 e. The molecule has 0 aliphatic heterocycles. The van der Waals surface area contributed by atoms with E-state index < -0.39 is 4.92 Å². The molecule has 0 spiro atoms. The van der Waals surface area contributed by atoms with Crippen LogP contribution in [0.25, 0.3) is 28.5 Å². The second kappa shape index (κ2) is 9.47. The van der Waals surface area contributed by atoms with Crippen molar-refractivity contribution in [1.29, 1.82) is 0 Å². The minimum atomic E-state index is -0.452. The highest BCUT2D eigenvalue weighted by atomic mass is 32.2. The van der Waals surface area contributed by atoms with Crippen LogP contribution in [0.2, 0.25) is 0 Å². The molecule has 0 N–H and O–H groups in total. The zero-order valence-corrected chi connectivity index (χ0v) is 19.6. The van der Waals surface area contributed by atoms with Crippen LogP contribution in [0.1, 0.15) is 23.6 Å². The molecule has 5 rings (SSSR count). The average molecular weight is 486 g/mol. The van der Waals surface area contributed by atoms with Gasteiger partial charge in [-0.05, 0) is 49.7 Å². The van der Waals surface area contributed by atoms with Gasteiger partial charge in [-0.25, -0.2) is 0 Å². The summed E-state index contributed by atoms with van der Waals surface area (Å²) in [5.74, 6) is 1.40. The smallest absolute Gasteiger partial charge is 0.269 e. The van der Waals surface area contributed by atoms with E-state index >= 15 is 0 Å². The molecule has 0 aliphatic rings. The number of nitro benzene ring substituents is 1. The summed E-state index contributed by atoms with van der Waals surface area (Å²) in [7, 11) is 0. The lowest BCUT2D eigenvalue weighted by atomic mass is 10.2. The van der Waals surface area contributed by atoms with E-state index in [-0.39, 0.29) is 10.9 Å². The first-order chi connectivity index (χ1) is 17.0. The van der Waals surface area contributed by atoms with Crippen molar-refractivity contribution < 1.29 is 9.34 Å². The Morgan fingerprint density at radius 2 is 1.69 bits per heavy atom. The minimum Gasteiger partial charge on any atom is -0.419 e. The fraction of sp³-hybridized carbons (Fsp3) is 0.125. The molecular weight excluding hydrogens is 466 g/mol. The molecule has 0 amide bonds. The highest BCUT2D eigenvalue weighted by molar-refractivity contribution is 7.99. The topological polar surface area (TPSA) is 126 Å². The molecule has 174 valence electrons. The molecule has 11 heteroatoms. The standard InChI is InChI=1S/C24H19N7O3S/c1-15-5-3-4-6-20(15)30-21(17-11-13-25-14-12-17)26-29-24(30)35-16(2)22-27-28-23(34-22)18-7-9-19(10-8-18)31(32)33/h3-14,16H,1-2H3. The highest BCUT2D eigenvalue weighted by Gasteiger charge is 2.23. The number of hydrogen-bond donors (Lipinski definition) is 0. The van der Waals surface area contributed by atoms with Crippen LogP contribution < -0.4 is 0 Å². The van der Waals surface area contributed by atoms with Crippen LogP contribution in [-0.2, 0) is 0 Å². The molecule has 10 nitrogen and oxygen atoms in total. The molecule has 2 aromatic carbocycles. The van der Waals surface area contributed by atoms with Crippen LogP contribution in [0.4, 0.5) is 5.69 Å². The maximum absolute atomic E-state index is 10.9. The van der Waals surface area contributed by atoms with Crippen LogP contribution in [0.15, 0.2) is 82.6 Å². The van der Waals surface area contributed by atoms with Gasteiger partial charge in [-0.3, -0.25) is 19.7 Å². The minimum absolute atomic E-state index is 0.00189. The van der Waals surface area contributed by atoms with Crippen LogP contribution in [0.3, 0.4) is 0 Å². The van der Waals surface area contributed by atoms with E-state index in [4.69, 9.17) is 4.42 Å². The number of benzene rings is 2. The zero-order valence-electron chi connectivity index (χ0n) is 18.8. The molecule has 3 aromatic heterocycles. The summed E-state index contributed by atoms with van der Waals surface area (Å²) in [6.45, 7) is 3.98. The fourth-order valence-electron chi connectivity index (χ4n) is 3.52. The van der Waals surface area contributed by atoms with Crippen molar-refractivity contribution in [2.75, 3.05) is 0 Å². The highest BCUT2D eigenvalue weighted by Crippen LogP contribution is 2.37. The van der Waals surface area contributed by atoms with Crippen molar-refractivity contribution in [2.45, 2.75) is 24.3 Å². The number of aromatic nitrogens is 6. The fourth-order valence-corrected chi connectivity index (χ4v) is 4.41. The van der Waals surface area contributed by atoms with Gasteiger partial charge in [0.1, 0.15) is 0 Å². The van der Waals surface area contributed by atoms with Crippen molar-refractivity contribution in [1.82, 2.24) is 29.9 Å². The lowest BCUT2D eigenvalue weighted by Crippen LogP contribution is -2.03. The van der Waals surface area contributed by atoms with Gasteiger partial charge in [0.25, 0.3) is 5.69 Å². The van der Waals surface area contributed by atoms with Gasteiger partial charge in [0, 0.05) is 35.7 Å². The van der Waals surface area contributed by atoms with Gasteiger partial charge in [0.15, 0.2) is 11.0 Å². The van der Waals surface area contributed by atoms with E-state index in [1.54, 1.807) is 24.5 Å². The van der Waals surface area contributed by atoms with Gasteiger partial charge in [-0.2, -0.15) is 0 Å². The Balaban J connectivity index is 1.46. The Bertz CT molecular complexity index is 1480. The lowest BCUT2D eigenvalue weighted by molar-refractivity contribution is -0.384. The molecule has 5 aromatic rings. The van der Waals surface area contributed by atoms with Crippen molar-refractivity contribution >= 4 is 17.4 Å². The van der Waals surface area contributed by atoms with Crippen LogP contribution in [0, 0.1) is 17.0 Å². The maximum atomic E-state index is 10.9. The van der Waals surface area contributed by atoms with Crippen LogP contribution >= 0.6 is 11.8 Å². The molecule has 1 unspecified atom stereocenters. The van der Waals surface area contributed by atoms with Gasteiger partial charge in [-0.1, -0.05) is 30.0 Å². The van der Waals surface area contributed by atoms with E-state index in [1.165, 1.54) is 23.9 Å². The quantitative estimate of drug-likeness (QED) is 0.168. The SMILES string of the molecule is Cc1ccccc1-n1c(SC(C)c2nnc(-c3ccc([N+](=O)[O-])cc3)o2)nnc1-c1ccncc1. The summed E-state index contributed by atoms with van der Waals surface area (Å²) < 4.78 is 7.90. The third-order valence-corrected chi connectivity index (χ3v) is 6.35. The van der Waals surface area contributed by atoms with E-state index in [1.807, 2.05) is 54.8 Å². The third-order valence-electron chi connectivity index (χ3n) is 5.32. The number of para-hydroxylation sites is 1. The van der Waals surface area contributed by atoms with E-state index in [0.717, 1.165) is 16.8 Å². The van der Waals surface area contributed by atoms with E-state index in [2.05, 4.69) is 25.4 Å². The summed E-state index contributed by atoms with van der Waals surface area (Å²) in [6, 6.07) is 17.8. The van der Waals surface area contributed by atoms with E-state index in [9.17, 15) is 10.1 Å². The molecule has 3 heterocycles. The summed E-state index contributed by atoms with van der Waals surface area (Å²) in [4.78, 5) is 14.5. The summed E-state index contributed by atoms with van der Waals surface area (Å²) >= 11 is 1.45. The molecule has 35 heavy (non-hydrogen) atoms. The number of nitrogens with zero attached hydrogens (tertiary/aromatic N) is 7. The van der Waals surface area contributed by atoms with Gasteiger partial charge in [0.05, 0.1) is 15.9 Å². The monoisotopic (exact) mass is 485 g/mol. The molecule has 0 fully saturated rings. The van der Waals surface area contributed by atoms with Gasteiger partial charge < -0.3 is 4.42 Å². The molecule has 0 saturated carbocycles. The van der Waals surface area contributed by atoms with Gasteiger partial charge in [0.2, 0.25) is 11.8 Å². The molecular formula is C24H19N7O3S. The molecule has 0 radical (unpaired) electrons. The van der Waals surface area contributed by atoms with Crippen molar-refractivity contribution in [2.24, 2.45) is 0 Å². The maximum Gasteiger partial charge on any atom is 0.269 e. The Hall–Kier alpha value is -4.38. The van der Waals surface area contributed by atoms with Crippen LogP contribution in [0.5, 0.6) is 0 Å². The van der Waals surface area contributed by atoms with Crippen molar-refractivity contribution in [3.63, 3.8) is 0 Å². The Labute approximate surface area is 204 Å². The Morgan fingerprint density at radius 1 is 0.943 bits per heavy atom. The Kier molecular flexibility index (Phi) is 6.06. The summed E-state index contributed by atoms with van der Waals surface area (Å²) in [6.07, 6.45) is 3.44. The predicted octanol–water partition coefficient (Wildman–Crippen LogP) is 5.45. The number of hydrogen-bond acceptors (Lipinski definition) is 9. The number of pyridine rings is 1. The first-order valence-corrected chi connectivity index (χ1v) is 11.6. The number of non-ortho nitro benzene ring substituents is 1. The normalized spacial score (nSPS) is 11.9. The average Bonchev–Trinajstić information content (AvgIpc) is 3.53. The predicted molar refractivity (Wildman–Crippen MR) is 130 cm³/mol. The number of aryl methyl sites for hydroxylation is 1. The van der Waals surface area contributed by atoms with Crippen LogP contribution in [-0.4, -0.2) is 34.9 Å². The number of thioether (sulfide) groups is 1. The second-order valence-electron chi connectivity index (χ2n) is 7.67. The molecule has 0 bridgehead atoms. The Morgan fingerprint density at radius 3 is 2.40 bits per heavy atom. The van der Waals surface area contributed by atoms with Gasteiger partial charge in [-0.15, -0.1) is 20.4 Å². The number of rotatable bonds is 7. The summed E-state index contributed by atoms with van der Waals surface area (Å²) in [5.41, 5.74) is 3.55. The number of nitro groups is 1. The van der Waals surface area contributed by atoms with Crippen molar-refractivity contribution in [3.8, 4) is 28.5 Å². The first kappa shape index (κ1) is 22.4. The summed E-state index contributed by atoms with van der Waals surface area (Å²) in [5, 5.41) is 28.6. The second-order valence-corrected chi connectivity index (χ2v) is 8.98. The van der Waals surface area contributed by atoms with Crippen molar-refractivity contribution in [3.05, 3.63) is 94.6 Å². The van der Waals surface area contributed by atoms with E-state index in [0.29, 0.717) is 28.3 Å². The third kappa shape index (κ3) is 4.53. The molecule has 0 aliphatic carbocycles.